The van der Waals surface area contributed by atoms with E-state index in [0.717, 1.165) is 12.8 Å². The number of benzene rings is 7. The summed E-state index contributed by atoms with van der Waals surface area (Å²) in [5, 5.41) is 6.50. The minimum atomic E-state index is -0.155. The lowest BCUT2D eigenvalue weighted by atomic mass is 9.82. The molecule has 0 atom stereocenters. The molecule has 7 aromatic carbocycles. The Labute approximate surface area is 297 Å². The summed E-state index contributed by atoms with van der Waals surface area (Å²) < 4.78 is 4.96. The first kappa shape index (κ1) is 28.7. The van der Waals surface area contributed by atoms with E-state index in [2.05, 4.69) is 181 Å². The minimum Gasteiger partial charge on any atom is -0.310 e. The van der Waals surface area contributed by atoms with E-state index in [1.165, 1.54) is 99.5 Å². The molecule has 0 amide bonds. The SMILES string of the molecule is CC1(C)c2cc(-n3c4c(c5ccccc53)CCC=C4)ccc2-c2cc3c(cc21)c1ccc(-c2cccc4ccccc24)cc1n3-c1ccccc1. The summed E-state index contributed by atoms with van der Waals surface area (Å²) in [7, 11) is 0. The van der Waals surface area contributed by atoms with Crippen molar-refractivity contribution in [2.24, 2.45) is 0 Å². The molecule has 0 unspecified atom stereocenters. The highest BCUT2D eigenvalue weighted by atomic mass is 15.0. The molecule has 2 aliphatic rings. The standard InChI is InChI=1S/C49H36N2/c1-49(2)43-28-34(51-45-21-10-8-18-38(45)39-19-9-11-22-46(39)51)24-26-37(43)41-30-48-42(29-44(41)49)40-25-23-32(27-47(40)50(48)33-15-4-3-5-16-33)36-20-12-14-31-13-6-7-17-35(31)36/h3-8,10-18,20-30H,9,19H2,1-2H3. The van der Waals surface area contributed by atoms with Crippen molar-refractivity contribution in [1.29, 1.82) is 0 Å². The van der Waals surface area contributed by atoms with E-state index >= 15 is 0 Å². The van der Waals surface area contributed by atoms with E-state index in [1.54, 1.807) is 0 Å². The number of nitrogens with zero attached hydrogens (tertiary/aromatic N) is 2. The summed E-state index contributed by atoms with van der Waals surface area (Å²) in [6.07, 6.45) is 6.85. The average Bonchev–Trinajstić information content (AvgIpc) is 3.76. The fourth-order valence-corrected chi connectivity index (χ4v) is 9.34. The molecule has 0 bridgehead atoms. The summed E-state index contributed by atoms with van der Waals surface area (Å²) >= 11 is 0. The molecule has 2 heteroatoms. The Morgan fingerprint density at radius 3 is 2.16 bits per heavy atom. The zero-order valence-corrected chi connectivity index (χ0v) is 28.8. The molecule has 0 N–H and O–H groups in total. The smallest absolute Gasteiger partial charge is 0.0547 e. The van der Waals surface area contributed by atoms with Crippen LogP contribution in [0.1, 0.15) is 42.7 Å². The van der Waals surface area contributed by atoms with Gasteiger partial charge in [-0.15, -0.1) is 0 Å². The molecular weight excluding hydrogens is 617 g/mol. The van der Waals surface area contributed by atoms with Gasteiger partial charge in [-0.2, -0.15) is 0 Å². The number of rotatable bonds is 3. The average molecular weight is 653 g/mol. The van der Waals surface area contributed by atoms with E-state index < -0.39 is 0 Å². The van der Waals surface area contributed by atoms with Crippen molar-refractivity contribution in [2.75, 3.05) is 0 Å². The first-order valence-electron chi connectivity index (χ1n) is 18.2. The molecule has 0 saturated heterocycles. The van der Waals surface area contributed by atoms with Crippen molar-refractivity contribution in [3.8, 4) is 33.6 Å². The van der Waals surface area contributed by atoms with Crippen LogP contribution < -0.4 is 0 Å². The van der Waals surface area contributed by atoms with Crippen LogP contribution in [0.4, 0.5) is 0 Å². The van der Waals surface area contributed by atoms with Gasteiger partial charge in [-0.3, -0.25) is 0 Å². The van der Waals surface area contributed by atoms with Gasteiger partial charge in [-0.1, -0.05) is 117 Å². The van der Waals surface area contributed by atoms with Gasteiger partial charge in [-0.25, -0.2) is 0 Å². The van der Waals surface area contributed by atoms with Gasteiger partial charge in [-0.05, 0) is 117 Å². The Morgan fingerprint density at radius 1 is 0.490 bits per heavy atom. The van der Waals surface area contributed by atoms with Crippen LogP contribution in [-0.4, -0.2) is 9.13 Å². The molecule has 0 aliphatic heterocycles. The predicted molar refractivity (Wildman–Crippen MR) is 215 cm³/mol. The number of hydrogen-bond acceptors (Lipinski definition) is 0. The van der Waals surface area contributed by atoms with Gasteiger partial charge in [0, 0.05) is 38.6 Å². The van der Waals surface area contributed by atoms with Crippen molar-refractivity contribution in [3.05, 3.63) is 174 Å². The highest BCUT2D eigenvalue weighted by molar-refractivity contribution is 6.13. The van der Waals surface area contributed by atoms with E-state index in [9.17, 15) is 0 Å². The summed E-state index contributed by atoms with van der Waals surface area (Å²) in [5.74, 6) is 0. The molecule has 2 nitrogen and oxygen atoms in total. The fraction of sp³-hybridized carbons (Fsp3) is 0.102. The molecule has 2 aromatic heterocycles. The fourth-order valence-electron chi connectivity index (χ4n) is 9.34. The minimum absolute atomic E-state index is 0.155. The van der Waals surface area contributed by atoms with Gasteiger partial charge < -0.3 is 9.13 Å². The van der Waals surface area contributed by atoms with Crippen LogP contribution in [0.25, 0.3) is 83.2 Å². The van der Waals surface area contributed by atoms with Crippen LogP contribution in [0, 0.1) is 0 Å². The predicted octanol–water partition coefficient (Wildman–Crippen LogP) is 12.8. The summed E-state index contributed by atoms with van der Waals surface area (Å²) in [6.45, 7) is 4.82. The Bertz CT molecular complexity index is 2930. The van der Waals surface area contributed by atoms with Crippen LogP contribution in [0.15, 0.2) is 152 Å². The van der Waals surface area contributed by atoms with Gasteiger partial charge in [0.05, 0.1) is 16.6 Å². The van der Waals surface area contributed by atoms with E-state index in [0.29, 0.717) is 0 Å². The number of fused-ring (bicyclic) bond motifs is 10. The zero-order chi connectivity index (χ0) is 33.8. The number of allylic oxidation sites excluding steroid dienone is 1. The van der Waals surface area contributed by atoms with E-state index in [1.807, 2.05) is 0 Å². The topological polar surface area (TPSA) is 9.86 Å². The lowest BCUT2D eigenvalue weighted by molar-refractivity contribution is 0.660. The van der Waals surface area contributed by atoms with Gasteiger partial charge >= 0.3 is 0 Å². The third kappa shape index (κ3) is 3.99. The highest BCUT2D eigenvalue weighted by Crippen LogP contribution is 2.52. The van der Waals surface area contributed by atoms with Crippen LogP contribution in [-0.2, 0) is 11.8 Å². The maximum Gasteiger partial charge on any atom is 0.0547 e. The van der Waals surface area contributed by atoms with Crippen molar-refractivity contribution < 1.29 is 0 Å². The number of para-hydroxylation sites is 2. The van der Waals surface area contributed by atoms with Gasteiger partial charge in [0.1, 0.15) is 0 Å². The summed E-state index contributed by atoms with van der Waals surface area (Å²) in [6, 6.07) is 54.3. The van der Waals surface area contributed by atoms with Crippen molar-refractivity contribution in [3.63, 3.8) is 0 Å². The number of aromatic nitrogens is 2. The first-order chi connectivity index (χ1) is 25.1. The van der Waals surface area contributed by atoms with Gasteiger partial charge in [0.2, 0.25) is 0 Å². The summed E-state index contributed by atoms with van der Waals surface area (Å²) in [4.78, 5) is 0. The molecule has 242 valence electrons. The normalized spacial score (nSPS) is 14.4. The van der Waals surface area contributed by atoms with E-state index in [4.69, 9.17) is 0 Å². The quantitative estimate of drug-likeness (QED) is 0.180. The third-order valence-electron chi connectivity index (χ3n) is 11.8. The highest BCUT2D eigenvalue weighted by Gasteiger charge is 2.37. The van der Waals surface area contributed by atoms with Crippen LogP contribution in [0.5, 0.6) is 0 Å². The summed E-state index contributed by atoms with van der Waals surface area (Å²) in [5.41, 5.74) is 16.8. The largest absolute Gasteiger partial charge is 0.310 e. The number of hydrogen-bond donors (Lipinski definition) is 0. The van der Waals surface area contributed by atoms with Crippen LogP contribution >= 0.6 is 0 Å². The molecule has 51 heavy (non-hydrogen) atoms. The van der Waals surface area contributed by atoms with Gasteiger partial charge in [0.25, 0.3) is 0 Å². The van der Waals surface area contributed by atoms with E-state index in [-0.39, 0.29) is 5.41 Å². The second kappa shape index (κ2) is 10.4. The molecule has 11 rings (SSSR count). The molecule has 9 aromatic rings. The Balaban J connectivity index is 1.14. The van der Waals surface area contributed by atoms with Gasteiger partial charge in [0.15, 0.2) is 0 Å². The molecule has 0 saturated carbocycles. The molecule has 2 heterocycles. The third-order valence-corrected chi connectivity index (χ3v) is 11.8. The Kier molecular flexibility index (Phi) is 5.88. The first-order valence-corrected chi connectivity index (χ1v) is 18.2. The molecular formula is C49H36N2. The van der Waals surface area contributed by atoms with Crippen LogP contribution in [0.3, 0.4) is 0 Å². The Hall–Kier alpha value is -6.12. The van der Waals surface area contributed by atoms with Crippen LogP contribution in [0.2, 0.25) is 0 Å². The Morgan fingerprint density at radius 2 is 1.25 bits per heavy atom. The van der Waals surface area contributed by atoms with Crippen molar-refractivity contribution >= 4 is 49.6 Å². The zero-order valence-electron chi connectivity index (χ0n) is 28.8. The molecule has 0 radical (unpaired) electrons. The monoisotopic (exact) mass is 652 g/mol. The second-order valence-electron chi connectivity index (χ2n) is 14.9. The lowest BCUT2D eigenvalue weighted by Gasteiger charge is -2.23. The maximum atomic E-state index is 2.50. The molecule has 2 aliphatic carbocycles. The van der Waals surface area contributed by atoms with Crippen molar-refractivity contribution in [2.45, 2.75) is 32.1 Å². The lowest BCUT2D eigenvalue weighted by Crippen LogP contribution is -2.15. The second-order valence-corrected chi connectivity index (χ2v) is 14.9. The van der Waals surface area contributed by atoms with Crippen molar-refractivity contribution in [1.82, 2.24) is 9.13 Å². The molecule has 0 fully saturated rings. The number of aryl methyl sites for hydroxylation is 1. The molecule has 0 spiro atoms. The maximum absolute atomic E-state index is 2.50.